The Morgan fingerprint density at radius 2 is 2.06 bits per heavy atom. The molecule has 0 radical (unpaired) electrons. The molecule has 3 nitrogen and oxygen atoms in total. The Morgan fingerprint density at radius 3 is 2.65 bits per heavy atom. The second kappa shape index (κ2) is 4.28. The summed E-state index contributed by atoms with van der Waals surface area (Å²) in [5.41, 5.74) is 0. The molecule has 0 bridgehead atoms. The fraction of sp³-hybridized carbons (Fsp3) is 0.917. The highest BCUT2D eigenvalue weighted by atomic mass is 32.2. The lowest BCUT2D eigenvalue weighted by atomic mass is 10.1. The third kappa shape index (κ3) is 2.56. The van der Waals surface area contributed by atoms with E-state index in [1.54, 1.807) is 0 Å². The molecule has 17 heavy (non-hydrogen) atoms. The Hall–Kier alpha value is -0.00312. The molecular formula is C12H22O3SSi. The van der Waals surface area contributed by atoms with E-state index in [0.717, 1.165) is 5.75 Å². The van der Waals surface area contributed by atoms with Gasteiger partial charge in [-0.2, -0.15) is 11.8 Å². The van der Waals surface area contributed by atoms with E-state index in [0.29, 0.717) is 11.7 Å². The molecule has 0 aliphatic carbocycles. The zero-order valence-electron chi connectivity index (χ0n) is 11.3. The summed E-state index contributed by atoms with van der Waals surface area (Å²) in [4.78, 5) is 11.3. The predicted octanol–water partition coefficient (Wildman–Crippen LogP) is 2.81. The summed E-state index contributed by atoms with van der Waals surface area (Å²) >= 11 is 1.83. The average Bonchev–Trinajstić information content (AvgIpc) is 2.65. The molecule has 5 heteroatoms. The number of fused-ring (bicyclic) bond motifs is 1. The van der Waals surface area contributed by atoms with Crippen LogP contribution in [0.25, 0.3) is 0 Å². The zero-order chi connectivity index (χ0) is 12.8. The van der Waals surface area contributed by atoms with Crippen LogP contribution in [-0.2, 0) is 14.0 Å². The van der Waals surface area contributed by atoms with Gasteiger partial charge in [-0.05, 0) is 18.1 Å². The largest absolute Gasteiger partial charge is 0.458 e. The molecule has 0 aromatic carbocycles. The van der Waals surface area contributed by atoms with E-state index in [2.05, 4.69) is 33.9 Å². The Labute approximate surface area is 109 Å². The van der Waals surface area contributed by atoms with E-state index < -0.39 is 8.32 Å². The summed E-state index contributed by atoms with van der Waals surface area (Å²) in [6.07, 6.45) is 0.672. The SMILES string of the molecule is CC(C)(C)[Si](C)(C)O[C@@H]1CS[C@@H]2CC(=O)O[C@H]12. The van der Waals surface area contributed by atoms with Crippen molar-refractivity contribution in [2.45, 2.75) is 62.8 Å². The van der Waals surface area contributed by atoms with Crippen molar-refractivity contribution in [1.82, 2.24) is 0 Å². The van der Waals surface area contributed by atoms with Gasteiger partial charge in [0.1, 0.15) is 6.10 Å². The summed E-state index contributed by atoms with van der Waals surface area (Å²) in [5, 5.41) is 0.538. The lowest BCUT2D eigenvalue weighted by Crippen LogP contribution is -2.47. The monoisotopic (exact) mass is 274 g/mol. The number of hydrogen-bond donors (Lipinski definition) is 0. The van der Waals surface area contributed by atoms with Crippen LogP contribution in [0.5, 0.6) is 0 Å². The van der Waals surface area contributed by atoms with Crippen molar-refractivity contribution < 1.29 is 14.0 Å². The lowest BCUT2D eigenvalue weighted by molar-refractivity contribution is -0.144. The third-order valence-electron chi connectivity index (χ3n) is 4.09. The Bertz CT molecular complexity index is 324. The molecule has 0 spiro atoms. The van der Waals surface area contributed by atoms with Gasteiger partial charge in [-0.25, -0.2) is 0 Å². The molecule has 2 heterocycles. The fourth-order valence-electron chi connectivity index (χ4n) is 1.99. The topological polar surface area (TPSA) is 35.5 Å². The molecule has 3 atom stereocenters. The Morgan fingerprint density at radius 1 is 1.41 bits per heavy atom. The predicted molar refractivity (Wildman–Crippen MR) is 72.8 cm³/mol. The van der Waals surface area contributed by atoms with Crippen molar-refractivity contribution in [3.05, 3.63) is 0 Å². The molecule has 0 N–H and O–H groups in total. The van der Waals surface area contributed by atoms with Crippen LogP contribution < -0.4 is 0 Å². The first-order valence-electron chi connectivity index (χ1n) is 6.19. The molecule has 2 saturated heterocycles. The molecule has 2 rings (SSSR count). The van der Waals surface area contributed by atoms with Crippen molar-refractivity contribution in [2.24, 2.45) is 0 Å². The maximum atomic E-state index is 11.3. The minimum Gasteiger partial charge on any atom is -0.458 e. The number of ether oxygens (including phenoxy) is 1. The molecule has 2 aliphatic heterocycles. The van der Waals surface area contributed by atoms with Crippen LogP contribution in [0.15, 0.2) is 0 Å². The quantitative estimate of drug-likeness (QED) is 0.573. The number of thioether (sulfide) groups is 1. The van der Waals surface area contributed by atoms with Gasteiger partial charge in [0.25, 0.3) is 0 Å². The van der Waals surface area contributed by atoms with Crippen LogP contribution in [0.1, 0.15) is 27.2 Å². The smallest absolute Gasteiger partial charge is 0.307 e. The molecule has 2 fully saturated rings. The van der Waals surface area contributed by atoms with Crippen molar-refractivity contribution >= 4 is 26.0 Å². The van der Waals surface area contributed by atoms with Crippen molar-refractivity contribution in [1.29, 1.82) is 0 Å². The van der Waals surface area contributed by atoms with E-state index in [-0.39, 0.29) is 23.2 Å². The summed E-state index contributed by atoms with van der Waals surface area (Å²) in [7, 11) is -1.76. The highest BCUT2D eigenvalue weighted by Gasteiger charge is 2.49. The Kier molecular flexibility index (Phi) is 3.38. The summed E-state index contributed by atoms with van der Waals surface area (Å²) in [6, 6.07) is 0. The first-order chi connectivity index (χ1) is 7.71. The molecule has 0 aromatic rings. The molecule has 0 saturated carbocycles. The standard InChI is InChI=1S/C12H22O3SSi/c1-12(2,3)17(4,5)15-8-7-16-9-6-10(13)14-11(8)9/h8-9,11H,6-7H2,1-5H3/t8-,9-,11-/m1/s1. The number of rotatable bonds is 2. The maximum Gasteiger partial charge on any atom is 0.307 e. The first-order valence-corrected chi connectivity index (χ1v) is 10.2. The fourth-order valence-corrected chi connectivity index (χ4v) is 4.81. The molecule has 0 unspecified atom stereocenters. The molecular weight excluding hydrogens is 252 g/mol. The van der Waals surface area contributed by atoms with Crippen molar-refractivity contribution in [3.8, 4) is 0 Å². The lowest BCUT2D eigenvalue weighted by Gasteiger charge is -2.39. The maximum absolute atomic E-state index is 11.3. The zero-order valence-corrected chi connectivity index (χ0v) is 13.1. The van der Waals surface area contributed by atoms with Gasteiger partial charge in [0.2, 0.25) is 0 Å². The van der Waals surface area contributed by atoms with Gasteiger partial charge < -0.3 is 9.16 Å². The highest BCUT2D eigenvalue weighted by Crippen LogP contribution is 2.43. The highest BCUT2D eigenvalue weighted by molar-refractivity contribution is 8.00. The second-order valence-corrected chi connectivity index (χ2v) is 12.5. The minimum absolute atomic E-state index is 0.00150. The van der Waals surface area contributed by atoms with Crippen molar-refractivity contribution in [3.63, 3.8) is 0 Å². The van der Waals surface area contributed by atoms with Gasteiger partial charge >= 0.3 is 5.97 Å². The molecule has 2 aliphatic rings. The number of esters is 1. The number of carbonyl (C=O) groups is 1. The van der Waals surface area contributed by atoms with E-state index in [1.807, 2.05) is 11.8 Å². The van der Waals surface area contributed by atoms with E-state index in [1.165, 1.54) is 0 Å². The van der Waals surface area contributed by atoms with E-state index >= 15 is 0 Å². The van der Waals surface area contributed by atoms with Crippen molar-refractivity contribution in [2.75, 3.05) is 5.75 Å². The summed E-state index contributed by atoms with van der Waals surface area (Å²) < 4.78 is 11.8. The minimum atomic E-state index is -1.76. The van der Waals surface area contributed by atoms with Crippen LogP contribution in [0.4, 0.5) is 0 Å². The number of hydrogen-bond acceptors (Lipinski definition) is 4. The average molecular weight is 274 g/mol. The summed E-state index contributed by atoms with van der Waals surface area (Å²) in [5.74, 6) is 0.908. The Balaban J connectivity index is 2.03. The van der Waals surface area contributed by atoms with Crippen LogP contribution in [0.2, 0.25) is 18.1 Å². The second-order valence-electron chi connectivity index (χ2n) is 6.45. The van der Waals surface area contributed by atoms with E-state index in [9.17, 15) is 4.79 Å². The van der Waals surface area contributed by atoms with Gasteiger partial charge in [-0.15, -0.1) is 0 Å². The normalized spacial score (nSPS) is 33.7. The van der Waals surface area contributed by atoms with Gasteiger partial charge in [-0.1, -0.05) is 20.8 Å². The summed E-state index contributed by atoms with van der Waals surface area (Å²) in [6.45, 7) is 11.2. The van der Waals surface area contributed by atoms with Crippen LogP contribution >= 0.6 is 11.8 Å². The van der Waals surface area contributed by atoms with Crippen LogP contribution in [0, 0.1) is 0 Å². The number of carbonyl (C=O) groups excluding carboxylic acids is 1. The first kappa shape index (κ1) is 13.4. The van der Waals surface area contributed by atoms with Crippen LogP contribution in [-0.4, -0.2) is 37.5 Å². The molecule has 98 valence electrons. The van der Waals surface area contributed by atoms with Gasteiger partial charge in [0.05, 0.1) is 17.8 Å². The van der Waals surface area contributed by atoms with Crippen LogP contribution in [0.3, 0.4) is 0 Å². The third-order valence-corrected chi connectivity index (χ3v) is 9.98. The van der Waals surface area contributed by atoms with E-state index in [4.69, 9.17) is 9.16 Å². The molecule has 0 amide bonds. The molecule has 0 aromatic heterocycles. The van der Waals surface area contributed by atoms with Gasteiger partial charge in [-0.3, -0.25) is 4.79 Å². The van der Waals surface area contributed by atoms with Gasteiger partial charge in [0, 0.05) is 5.75 Å². The van der Waals surface area contributed by atoms with Gasteiger partial charge in [0.15, 0.2) is 8.32 Å².